The van der Waals surface area contributed by atoms with Crippen LogP contribution >= 0.6 is 22.6 Å². The molecule has 0 saturated carbocycles. The van der Waals surface area contributed by atoms with Crippen LogP contribution in [0.25, 0.3) is 0 Å². The van der Waals surface area contributed by atoms with Gasteiger partial charge in [-0.2, -0.15) is 0 Å². The van der Waals surface area contributed by atoms with E-state index in [1.807, 2.05) is 4.90 Å². The Morgan fingerprint density at radius 1 is 0.686 bits per heavy atom. The molecule has 1 aliphatic heterocycles. The Morgan fingerprint density at radius 3 is 1.55 bits per heavy atom. The Bertz CT molecular complexity index is 926. The first kappa shape index (κ1) is 50.1. The molecule has 1 heterocycles. The van der Waals surface area contributed by atoms with Gasteiger partial charge in [0.25, 0.3) is 0 Å². The first-order chi connectivity index (χ1) is 24.5. The summed E-state index contributed by atoms with van der Waals surface area (Å²) in [6.45, 7) is 6.53. The van der Waals surface area contributed by atoms with Gasteiger partial charge in [-0.25, -0.2) is 4.90 Å². The summed E-state index contributed by atoms with van der Waals surface area (Å²) in [4.78, 5) is 27.8. The number of alkyl halides is 1. The molecule has 6 nitrogen and oxygen atoms in total. The van der Waals surface area contributed by atoms with Gasteiger partial charge in [-0.1, -0.05) is 141 Å². The number of hydrogen-bond donors (Lipinski definition) is 1. The monoisotopic (exact) mass is 848 g/mol. The molecule has 0 amide bonds. The first-order valence-electron chi connectivity index (χ1n) is 21.2. The lowest BCUT2D eigenvalue weighted by Gasteiger charge is -2.14. The molecule has 0 aromatic heterocycles. The van der Waals surface area contributed by atoms with Crippen LogP contribution in [0.2, 0.25) is 0 Å². The minimum absolute atomic E-state index is 0. The second kappa shape index (κ2) is 37.4. The fraction of sp³-hybridized carbons (Fsp3) is 0.837. The number of Topliss-reactive ketones (excluding diaryl/α,β-unsaturated/α-hetero) is 1. The van der Waals surface area contributed by atoms with E-state index in [0.29, 0.717) is 44.9 Å². The van der Waals surface area contributed by atoms with Gasteiger partial charge in [0.2, 0.25) is 5.78 Å². The van der Waals surface area contributed by atoms with Crippen molar-refractivity contribution < 1.29 is 36.4 Å². The summed E-state index contributed by atoms with van der Waals surface area (Å²) in [7, 11) is 0. The Kier molecular flexibility index (Phi) is 36.7. The number of nitrogens with zero attached hydrogens (tertiary/aromatic N) is 2. The van der Waals surface area contributed by atoms with E-state index in [1.54, 1.807) is 0 Å². The summed E-state index contributed by atoms with van der Waals surface area (Å²) in [5, 5.41) is 9.66. The van der Waals surface area contributed by atoms with Gasteiger partial charge in [0.05, 0.1) is 6.61 Å². The third kappa shape index (κ3) is 28.2. The van der Waals surface area contributed by atoms with Gasteiger partial charge in [-0.15, -0.1) is 0 Å². The molecular formula is C43H78ClIN2O4. The normalized spacial score (nSPS) is 14.7. The zero-order chi connectivity index (χ0) is 36.3. The van der Waals surface area contributed by atoms with Crippen molar-refractivity contribution in [3.8, 4) is 0 Å². The van der Waals surface area contributed by atoms with Crippen LogP contribution in [0.5, 0.6) is 0 Å². The molecule has 0 aromatic carbocycles. The van der Waals surface area contributed by atoms with Gasteiger partial charge in [-0.05, 0) is 86.8 Å². The van der Waals surface area contributed by atoms with Crippen molar-refractivity contribution in [2.24, 2.45) is 0 Å². The maximum atomic E-state index is 13.4. The topological polar surface area (TPSA) is 69.9 Å². The number of aliphatic hydroxyl groups excluding tert-OH is 1. The van der Waals surface area contributed by atoms with Crippen molar-refractivity contribution in [1.82, 2.24) is 4.90 Å². The molecule has 0 spiro atoms. The molecule has 51 heavy (non-hydrogen) atoms. The summed E-state index contributed by atoms with van der Waals surface area (Å²) in [5.41, 5.74) is 0. The van der Waals surface area contributed by atoms with E-state index in [1.165, 1.54) is 135 Å². The van der Waals surface area contributed by atoms with E-state index in [9.17, 15) is 14.7 Å². The smallest absolute Gasteiger partial charge is 0.317 e. The first-order valence-corrected chi connectivity index (χ1v) is 22.4. The number of hydrogen-bond acceptors (Lipinski definition) is 5. The average molecular weight is 849 g/mol. The molecule has 8 heteroatoms. The zero-order valence-corrected chi connectivity index (χ0v) is 36.0. The maximum absolute atomic E-state index is 13.4. The summed E-state index contributed by atoms with van der Waals surface area (Å²) >= 11 is 2.36. The van der Waals surface area contributed by atoms with Crippen LogP contribution in [0, 0.1) is 0 Å². The number of ether oxygens (including phenoxy) is 1. The Labute approximate surface area is 334 Å². The molecule has 1 atom stereocenters. The van der Waals surface area contributed by atoms with Gasteiger partial charge < -0.3 is 22.3 Å². The highest BCUT2D eigenvalue weighted by Gasteiger charge is 2.41. The number of aliphatic hydroxyl groups is 1. The van der Waals surface area contributed by atoms with Crippen molar-refractivity contribution in [3.63, 3.8) is 0 Å². The summed E-state index contributed by atoms with van der Waals surface area (Å²) in [6.07, 6.45) is 42.6. The molecule has 298 valence electrons. The third-order valence-corrected chi connectivity index (χ3v) is 10.9. The summed E-state index contributed by atoms with van der Waals surface area (Å²) in [5.74, 6) is 0.707. The minimum Gasteiger partial charge on any atom is -1.00 e. The predicted molar refractivity (Wildman–Crippen MR) is 221 cm³/mol. The number of halogens is 2. The Morgan fingerprint density at radius 2 is 1.10 bits per heavy atom. The van der Waals surface area contributed by atoms with Gasteiger partial charge in [0.15, 0.2) is 4.05 Å². The minimum atomic E-state index is -0.138. The van der Waals surface area contributed by atoms with Crippen LogP contribution in [0.15, 0.2) is 24.3 Å². The van der Waals surface area contributed by atoms with E-state index in [4.69, 9.17) is 4.74 Å². The number of carbonyl (C=O) groups is 2. The van der Waals surface area contributed by atoms with E-state index in [0.717, 1.165) is 32.1 Å². The Hall–Kier alpha value is -0.930. The lowest BCUT2D eigenvalue weighted by molar-refractivity contribution is -0.519. The lowest BCUT2D eigenvalue weighted by atomic mass is 10.1. The Balaban J connectivity index is 0.0000250. The second-order valence-electron chi connectivity index (χ2n) is 14.4. The van der Waals surface area contributed by atoms with Gasteiger partial charge in [0.1, 0.15) is 26.2 Å². The van der Waals surface area contributed by atoms with E-state index >= 15 is 0 Å². The van der Waals surface area contributed by atoms with E-state index in [2.05, 4.69) is 65.3 Å². The number of allylic oxidation sites excluding steroid dienone is 4. The number of amidine groups is 1. The summed E-state index contributed by atoms with van der Waals surface area (Å²) < 4.78 is 7.78. The standard InChI is InChI=1S/C43H78IN2O4.ClH/c1-3-5-7-9-11-13-15-17-19-21-23-25-27-29-31-33-40(48)43-45(39-41(44)46(43)35-37-47)36-38-50-42(49)34-32-30-28-26-24-22-20-18-16-14-12-10-8-6-4-2;/h17-20,41,47H,3-16,21-39H2,1-2H3;1H/q+1;/p-1/b19-17-,20-18-;. The molecule has 0 saturated heterocycles. The van der Waals surface area contributed by atoms with Crippen molar-refractivity contribution in [2.45, 2.75) is 198 Å². The lowest BCUT2D eigenvalue weighted by Crippen LogP contribution is -3.00. The molecule has 0 fully saturated rings. The van der Waals surface area contributed by atoms with Crippen LogP contribution in [-0.4, -0.2) is 69.1 Å². The van der Waals surface area contributed by atoms with Crippen molar-refractivity contribution >= 4 is 40.2 Å². The largest absolute Gasteiger partial charge is 1.00 e. The van der Waals surface area contributed by atoms with Crippen molar-refractivity contribution in [2.75, 3.05) is 32.8 Å². The average Bonchev–Trinajstić information content (AvgIpc) is 3.42. The van der Waals surface area contributed by atoms with Gasteiger partial charge >= 0.3 is 11.8 Å². The molecule has 1 aliphatic rings. The van der Waals surface area contributed by atoms with Crippen molar-refractivity contribution in [3.05, 3.63) is 24.3 Å². The van der Waals surface area contributed by atoms with E-state index in [-0.39, 0.29) is 34.8 Å². The molecule has 1 N–H and O–H groups in total. The van der Waals surface area contributed by atoms with Crippen LogP contribution < -0.4 is 12.4 Å². The molecule has 0 aromatic rings. The predicted octanol–water partition coefficient (Wildman–Crippen LogP) is 8.66. The van der Waals surface area contributed by atoms with Crippen LogP contribution in [0.1, 0.15) is 194 Å². The number of carbonyl (C=O) groups excluding carboxylic acids is 2. The molecular weight excluding hydrogens is 771 g/mol. The van der Waals surface area contributed by atoms with Crippen LogP contribution in [0.3, 0.4) is 0 Å². The third-order valence-electron chi connectivity index (χ3n) is 9.80. The van der Waals surface area contributed by atoms with E-state index < -0.39 is 0 Å². The summed E-state index contributed by atoms with van der Waals surface area (Å²) in [6, 6.07) is 0. The molecule has 0 aliphatic carbocycles. The number of rotatable bonds is 36. The van der Waals surface area contributed by atoms with Crippen LogP contribution in [-0.2, 0) is 14.3 Å². The highest BCUT2D eigenvalue weighted by atomic mass is 127. The highest BCUT2D eigenvalue weighted by Crippen LogP contribution is 2.19. The fourth-order valence-corrected chi connectivity index (χ4v) is 7.74. The van der Waals surface area contributed by atoms with Gasteiger partial charge in [0, 0.05) is 12.8 Å². The molecule has 1 rings (SSSR count). The second-order valence-corrected chi connectivity index (χ2v) is 15.9. The molecule has 0 radical (unpaired) electrons. The zero-order valence-electron chi connectivity index (χ0n) is 33.0. The van der Waals surface area contributed by atoms with Crippen molar-refractivity contribution in [1.29, 1.82) is 0 Å². The van der Waals surface area contributed by atoms with Gasteiger partial charge in [-0.3, -0.25) is 14.2 Å². The number of esters is 1. The quantitative estimate of drug-likeness (QED) is 0.0130. The number of ketones is 1. The number of unbranched alkanes of at least 4 members (excludes halogenated alkanes) is 22. The molecule has 0 bridgehead atoms. The maximum Gasteiger partial charge on any atom is 0.317 e. The highest BCUT2D eigenvalue weighted by molar-refractivity contribution is 14.1. The fourth-order valence-electron chi connectivity index (χ4n) is 6.72. The SMILES string of the molecule is CCCCCCCC/C=C\CCCCCCCC(=O)OCC[N+]1=C(C(=O)CCCCCCC/C=C\CCCCCCCC)N(CCO)C(I)C1.[Cl-]. The number of β-amino-alcohol motifs (C(OH)–C–C–N with tert-alkyl or cyclic N) is 1. The van der Waals surface area contributed by atoms with Crippen LogP contribution in [0.4, 0.5) is 0 Å². The molecule has 1 unspecified atom stereocenters.